The third-order valence-corrected chi connectivity index (χ3v) is 1.99. The summed E-state index contributed by atoms with van der Waals surface area (Å²) in [7, 11) is 0. The Morgan fingerprint density at radius 3 is 2.64 bits per heavy atom. The number of oxazole rings is 1. The SMILES string of the molecule is Cc1nc(CC(C)C)oc1C(O)CN. The average molecular weight is 198 g/mol. The number of nitrogens with zero attached hydrogens (tertiary/aromatic N) is 1. The topological polar surface area (TPSA) is 72.3 Å². The molecule has 1 rings (SSSR count). The first kappa shape index (κ1) is 11.2. The lowest BCUT2D eigenvalue weighted by Crippen LogP contribution is -2.11. The fourth-order valence-corrected chi connectivity index (χ4v) is 1.32. The van der Waals surface area contributed by atoms with Crippen LogP contribution in [-0.4, -0.2) is 16.6 Å². The summed E-state index contributed by atoms with van der Waals surface area (Å²) in [6, 6.07) is 0. The molecular weight excluding hydrogens is 180 g/mol. The van der Waals surface area contributed by atoms with E-state index in [9.17, 15) is 5.11 Å². The minimum atomic E-state index is -0.733. The van der Waals surface area contributed by atoms with E-state index >= 15 is 0 Å². The number of nitrogens with two attached hydrogens (primary N) is 1. The first-order chi connectivity index (χ1) is 6.54. The molecule has 1 unspecified atom stereocenters. The van der Waals surface area contributed by atoms with E-state index in [2.05, 4.69) is 18.8 Å². The van der Waals surface area contributed by atoms with E-state index in [-0.39, 0.29) is 6.54 Å². The average Bonchev–Trinajstić information content (AvgIpc) is 2.44. The van der Waals surface area contributed by atoms with Gasteiger partial charge in [-0.1, -0.05) is 13.8 Å². The van der Waals surface area contributed by atoms with Gasteiger partial charge in [0.1, 0.15) is 6.10 Å². The van der Waals surface area contributed by atoms with Crippen LogP contribution < -0.4 is 5.73 Å². The minimum absolute atomic E-state index is 0.164. The Labute approximate surface area is 84.1 Å². The van der Waals surface area contributed by atoms with Crippen LogP contribution >= 0.6 is 0 Å². The van der Waals surface area contributed by atoms with Crippen molar-refractivity contribution in [2.24, 2.45) is 11.7 Å². The molecule has 4 heteroatoms. The van der Waals surface area contributed by atoms with E-state index in [0.717, 1.165) is 12.1 Å². The predicted octanol–water partition coefficient (Wildman–Crippen LogP) is 1.17. The normalized spacial score (nSPS) is 13.6. The van der Waals surface area contributed by atoms with Gasteiger partial charge in [-0.15, -0.1) is 0 Å². The molecule has 0 spiro atoms. The van der Waals surface area contributed by atoms with E-state index in [1.807, 2.05) is 6.92 Å². The molecule has 14 heavy (non-hydrogen) atoms. The summed E-state index contributed by atoms with van der Waals surface area (Å²) in [5, 5.41) is 9.50. The van der Waals surface area contributed by atoms with E-state index < -0.39 is 6.10 Å². The van der Waals surface area contributed by atoms with Crippen LogP contribution in [0.2, 0.25) is 0 Å². The lowest BCUT2D eigenvalue weighted by Gasteiger charge is -2.03. The highest BCUT2D eigenvalue weighted by Gasteiger charge is 2.16. The van der Waals surface area contributed by atoms with Crippen molar-refractivity contribution in [2.75, 3.05) is 6.54 Å². The Kier molecular flexibility index (Phi) is 3.66. The summed E-state index contributed by atoms with van der Waals surface area (Å²) in [5.41, 5.74) is 6.08. The lowest BCUT2D eigenvalue weighted by atomic mass is 10.1. The second-order valence-electron chi connectivity index (χ2n) is 3.91. The lowest BCUT2D eigenvalue weighted by molar-refractivity contribution is 0.154. The summed E-state index contributed by atoms with van der Waals surface area (Å²) < 4.78 is 5.44. The van der Waals surface area contributed by atoms with Crippen LogP contribution in [0, 0.1) is 12.8 Å². The maximum absolute atomic E-state index is 9.50. The molecular formula is C10H18N2O2. The van der Waals surface area contributed by atoms with Crippen molar-refractivity contribution in [1.29, 1.82) is 0 Å². The second kappa shape index (κ2) is 4.57. The third-order valence-electron chi connectivity index (χ3n) is 1.99. The van der Waals surface area contributed by atoms with Gasteiger partial charge in [0.25, 0.3) is 0 Å². The van der Waals surface area contributed by atoms with Crippen LogP contribution in [0.25, 0.3) is 0 Å². The standard InChI is InChI=1S/C10H18N2O2/c1-6(2)4-9-12-7(3)10(14-9)8(13)5-11/h6,8,13H,4-5,11H2,1-3H3. The van der Waals surface area contributed by atoms with Gasteiger partial charge in [0.05, 0.1) is 5.69 Å². The van der Waals surface area contributed by atoms with Gasteiger partial charge in [-0.25, -0.2) is 4.98 Å². The van der Waals surface area contributed by atoms with Gasteiger partial charge in [-0.05, 0) is 12.8 Å². The smallest absolute Gasteiger partial charge is 0.195 e. The molecule has 0 amide bonds. The van der Waals surface area contributed by atoms with Crippen LogP contribution in [0.15, 0.2) is 4.42 Å². The van der Waals surface area contributed by atoms with Crippen LogP contribution in [0.5, 0.6) is 0 Å². The largest absolute Gasteiger partial charge is 0.443 e. The predicted molar refractivity (Wildman–Crippen MR) is 53.8 cm³/mol. The number of aliphatic hydroxyl groups excluding tert-OH is 1. The Balaban J connectivity index is 2.82. The molecule has 0 aliphatic rings. The fraction of sp³-hybridized carbons (Fsp3) is 0.700. The van der Waals surface area contributed by atoms with Gasteiger partial charge in [0.15, 0.2) is 11.7 Å². The number of aryl methyl sites for hydroxylation is 1. The minimum Gasteiger partial charge on any atom is -0.443 e. The van der Waals surface area contributed by atoms with E-state index in [1.165, 1.54) is 0 Å². The van der Waals surface area contributed by atoms with E-state index in [1.54, 1.807) is 0 Å². The van der Waals surface area contributed by atoms with Gasteiger partial charge in [-0.3, -0.25) is 0 Å². The Morgan fingerprint density at radius 2 is 2.14 bits per heavy atom. The highest BCUT2D eigenvalue weighted by atomic mass is 16.4. The number of aromatic nitrogens is 1. The zero-order valence-corrected chi connectivity index (χ0v) is 8.95. The molecule has 3 N–H and O–H groups in total. The fourth-order valence-electron chi connectivity index (χ4n) is 1.32. The summed E-state index contributed by atoms with van der Waals surface area (Å²) in [6.45, 7) is 6.18. The molecule has 0 aliphatic carbocycles. The zero-order valence-electron chi connectivity index (χ0n) is 8.95. The summed E-state index contributed by atoms with van der Waals surface area (Å²) in [4.78, 5) is 4.24. The summed E-state index contributed by atoms with van der Waals surface area (Å²) in [5.74, 6) is 1.68. The van der Waals surface area contributed by atoms with Gasteiger partial charge in [0.2, 0.25) is 0 Å². The Hall–Kier alpha value is -0.870. The molecule has 0 fully saturated rings. The molecule has 1 aromatic heterocycles. The van der Waals surface area contributed by atoms with E-state index in [4.69, 9.17) is 10.2 Å². The maximum atomic E-state index is 9.50. The van der Waals surface area contributed by atoms with Crippen LogP contribution in [0.1, 0.15) is 37.3 Å². The zero-order chi connectivity index (χ0) is 10.7. The highest BCUT2D eigenvalue weighted by Crippen LogP contribution is 2.19. The Bertz CT molecular complexity index is 294. The number of rotatable bonds is 4. The summed E-state index contributed by atoms with van der Waals surface area (Å²) in [6.07, 6.45) is 0.0569. The van der Waals surface area contributed by atoms with Crippen molar-refractivity contribution in [2.45, 2.75) is 33.3 Å². The van der Waals surface area contributed by atoms with Gasteiger partial charge in [-0.2, -0.15) is 0 Å². The van der Waals surface area contributed by atoms with Crippen molar-refractivity contribution in [1.82, 2.24) is 4.98 Å². The molecule has 0 saturated carbocycles. The van der Waals surface area contributed by atoms with Crippen molar-refractivity contribution in [3.63, 3.8) is 0 Å². The van der Waals surface area contributed by atoms with Crippen molar-refractivity contribution >= 4 is 0 Å². The number of hydrogen-bond acceptors (Lipinski definition) is 4. The van der Waals surface area contributed by atoms with Crippen molar-refractivity contribution in [3.8, 4) is 0 Å². The molecule has 0 bridgehead atoms. The third kappa shape index (κ3) is 2.56. The van der Waals surface area contributed by atoms with Gasteiger partial charge < -0.3 is 15.3 Å². The van der Waals surface area contributed by atoms with Crippen LogP contribution in [0.4, 0.5) is 0 Å². The molecule has 1 atom stereocenters. The maximum Gasteiger partial charge on any atom is 0.195 e. The first-order valence-corrected chi connectivity index (χ1v) is 4.89. The number of hydrogen-bond donors (Lipinski definition) is 2. The molecule has 0 aromatic carbocycles. The second-order valence-corrected chi connectivity index (χ2v) is 3.91. The molecule has 80 valence electrons. The molecule has 1 aromatic rings. The van der Waals surface area contributed by atoms with Gasteiger partial charge in [0, 0.05) is 13.0 Å². The Morgan fingerprint density at radius 1 is 1.50 bits per heavy atom. The van der Waals surface area contributed by atoms with Gasteiger partial charge >= 0.3 is 0 Å². The monoisotopic (exact) mass is 198 g/mol. The summed E-state index contributed by atoms with van der Waals surface area (Å²) >= 11 is 0. The van der Waals surface area contributed by atoms with E-state index in [0.29, 0.717) is 17.6 Å². The van der Waals surface area contributed by atoms with Crippen LogP contribution in [-0.2, 0) is 6.42 Å². The number of aliphatic hydroxyl groups is 1. The molecule has 4 nitrogen and oxygen atoms in total. The molecule has 1 heterocycles. The highest BCUT2D eigenvalue weighted by molar-refractivity contribution is 5.11. The van der Waals surface area contributed by atoms with Crippen molar-refractivity contribution in [3.05, 3.63) is 17.3 Å². The quantitative estimate of drug-likeness (QED) is 0.761. The van der Waals surface area contributed by atoms with Crippen LogP contribution in [0.3, 0.4) is 0 Å². The van der Waals surface area contributed by atoms with Crippen molar-refractivity contribution < 1.29 is 9.52 Å². The first-order valence-electron chi connectivity index (χ1n) is 4.89. The molecule has 0 radical (unpaired) electrons. The molecule has 0 saturated heterocycles. The molecule has 0 aliphatic heterocycles.